The number of aromatic nitrogens is 1. The summed E-state index contributed by atoms with van der Waals surface area (Å²) in [5.74, 6) is 4.47. The highest BCUT2D eigenvalue weighted by molar-refractivity contribution is 7.91. The third-order valence-corrected chi connectivity index (χ3v) is 5.99. The SMILES string of the molecule is COc1ncc(S(=O)(=O)N(N)C(=O)c2ccc(Cl)cc2Cl)s1. The average Bonchev–Trinajstić information content (AvgIpc) is 2.95. The van der Waals surface area contributed by atoms with E-state index in [9.17, 15) is 13.2 Å². The number of hydrazine groups is 1. The van der Waals surface area contributed by atoms with E-state index < -0.39 is 15.9 Å². The van der Waals surface area contributed by atoms with Crippen LogP contribution in [0, 0.1) is 0 Å². The van der Waals surface area contributed by atoms with E-state index in [1.54, 1.807) is 0 Å². The van der Waals surface area contributed by atoms with Gasteiger partial charge in [0.15, 0.2) is 4.21 Å². The van der Waals surface area contributed by atoms with Gasteiger partial charge in [-0.25, -0.2) is 10.8 Å². The number of nitrogens with two attached hydrogens (primary N) is 1. The highest BCUT2D eigenvalue weighted by Crippen LogP contribution is 2.28. The molecule has 0 saturated heterocycles. The molecule has 7 nitrogen and oxygen atoms in total. The second-order valence-electron chi connectivity index (χ2n) is 3.88. The first-order valence-electron chi connectivity index (χ1n) is 5.56. The molecule has 118 valence electrons. The Kier molecular flexibility index (Phi) is 4.93. The van der Waals surface area contributed by atoms with Gasteiger partial charge in [0.2, 0.25) is 0 Å². The Morgan fingerprint density at radius 1 is 1.41 bits per heavy atom. The number of hydrogen-bond acceptors (Lipinski definition) is 7. The summed E-state index contributed by atoms with van der Waals surface area (Å²) in [6, 6.07) is 4.00. The first-order chi connectivity index (χ1) is 10.3. The van der Waals surface area contributed by atoms with Gasteiger partial charge < -0.3 is 4.74 Å². The predicted octanol–water partition coefficient (Wildman–Crippen LogP) is 2.16. The minimum atomic E-state index is -4.26. The maximum absolute atomic E-state index is 12.3. The Morgan fingerprint density at radius 3 is 2.64 bits per heavy atom. The van der Waals surface area contributed by atoms with Crippen LogP contribution in [-0.4, -0.2) is 30.8 Å². The third-order valence-electron chi connectivity index (χ3n) is 2.51. The van der Waals surface area contributed by atoms with Gasteiger partial charge in [-0.1, -0.05) is 34.5 Å². The number of ether oxygens (including phenoxy) is 1. The molecule has 1 heterocycles. The first kappa shape index (κ1) is 17.0. The molecule has 2 rings (SSSR count). The molecule has 0 aliphatic heterocycles. The molecule has 0 aliphatic carbocycles. The van der Waals surface area contributed by atoms with Crippen molar-refractivity contribution in [2.24, 2.45) is 5.84 Å². The average molecular weight is 382 g/mol. The molecular weight excluding hydrogens is 373 g/mol. The Morgan fingerprint density at radius 2 is 2.09 bits per heavy atom. The largest absolute Gasteiger partial charge is 0.473 e. The lowest BCUT2D eigenvalue weighted by Crippen LogP contribution is -2.42. The topological polar surface area (TPSA) is 103 Å². The molecule has 0 unspecified atom stereocenters. The summed E-state index contributed by atoms with van der Waals surface area (Å²) in [6.07, 6.45) is 1.05. The van der Waals surface area contributed by atoms with Crippen molar-refractivity contribution >= 4 is 50.5 Å². The minimum absolute atomic E-state index is 0.00923. The van der Waals surface area contributed by atoms with E-state index in [2.05, 4.69) is 4.98 Å². The van der Waals surface area contributed by atoms with Crippen molar-refractivity contribution in [1.82, 2.24) is 9.40 Å². The number of hydrogen-bond donors (Lipinski definition) is 1. The van der Waals surface area contributed by atoms with Crippen LogP contribution in [0.3, 0.4) is 0 Å². The summed E-state index contributed by atoms with van der Waals surface area (Å²) in [4.78, 5) is 15.9. The van der Waals surface area contributed by atoms with Gasteiger partial charge in [0.1, 0.15) is 0 Å². The van der Waals surface area contributed by atoms with Gasteiger partial charge in [-0.2, -0.15) is 12.8 Å². The van der Waals surface area contributed by atoms with E-state index in [1.807, 2.05) is 0 Å². The van der Waals surface area contributed by atoms with E-state index in [1.165, 1.54) is 25.3 Å². The van der Waals surface area contributed by atoms with E-state index in [4.69, 9.17) is 33.8 Å². The van der Waals surface area contributed by atoms with E-state index >= 15 is 0 Å². The number of carbonyl (C=O) groups excluding carboxylic acids is 1. The lowest BCUT2D eigenvalue weighted by Gasteiger charge is -2.16. The van der Waals surface area contributed by atoms with Crippen LogP contribution >= 0.6 is 34.5 Å². The number of nitrogens with zero attached hydrogens (tertiary/aromatic N) is 2. The second kappa shape index (κ2) is 6.39. The summed E-state index contributed by atoms with van der Waals surface area (Å²) in [6.45, 7) is 0. The molecule has 2 N–H and O–H groups in total. The maximum atomic E-state index is 12.3. The Labute approximate surface area is 140 Å². The molecule has 22 heavy (non-hydrogen) atoms. The van der Waals surface area contributed by atoms with Crippen LogP contribution in [0.15, 0.2) is 28.6 Å². The molecule has 1 aromatic heterocycles. The lowest BCUT2D eigenvalue weighted by atomic mass is 10.2. The Balaban J connectivity index is 2.37. The van der Waals surface area contributed by atoms with Gasteiger partial charge in [-0.3, -0.25) is 4.79 Å². The van der Waals surface area contributed by atoms with Gasteiger partial charge in [-0.05, 0) is 18.2 Å². The number of rotatable bonds is 4. The van der Waals surface area contributed by atoms with Crippen LogP contribution in [0.2, 0.25) is 10.0 Å². The number of benzene rings is 1. The fraction of sp³-hybridized carbons (Fsp3) is 0.0909. The molecule has 0 spiro atoms. The molecule has 0 aliphatic rings. The van der Waals surface area contributed by atoms with Crippen LogP contribution in [0.4, 0.5) is 0 Å². The molecule has 1 aromatic carbocycles. The summed E-state index contributed by atoms with van der Waals surface area (Å²) in [7, 11) is -2.92. The predicted molar refractivity (Wildman–Crippen MR) is 82.7 cm³/mol. The smallest absolute Gasteiger partial charge is 0.291 e. The van der Waals surface area contributed by atoms with Gasteiger partial charge in [0.25, 0.3) is 21.1 Å². The van der Waals surface area contributed by atoms with Crippen LogP contribution < -0.4 is 10.6 Å². The van der Waals surface area contributed by atoms with E-state index in [0.29, 0.717) is 5.02 Å². The molecule has 0 atom stereocenters. The normalized spacial score (nSPS) is 11.3. The molecule has 0 bridgehead atoms. The number of amides is 1. The minimum Gasteiger partial charge on any atom is -0.473 e. The summed E-state index contributed by atoms with van der Waals surface area (Å²) in [5.41, 5.74) is -0.0892. The van der Waals surface area contributed by atoms with Crippen molar-refractivity contribution < 1.29 is 17.9 Å². The van der Waals surface area contributed by atoms with Gasteiger partial charge in [0, 0.05) is 5.02 Å². The number of thiazole rings is 1. The summed E-state index contributed by atoms with van der Waals surface area (Å²) >= 11 is 12.3. The monoisotopic (exact) mass is 381 g/mol. The third kappa shape index (κ3) is 3.18. The maximum Gasteiger partial charge on any atom is 0.291 e. The Bertz CT molecular complexity index is 822. The van der Waals surface area contributed by atoms with Crippen LogP contribution in [0.25, 0.3) is 0 Å². The summed E-state index contributed by atoms with van der Waals surface area (Å²) < 4.78 is 29.2. The van der Waals surface area contributed by atoms with Crippen molar-refractivity contribution in [3.8, 4) is 5.19 Å². The molecule has 11 heteroatoms. The van der Waals surface area contributed by atoms with Crippen molar-refractivity contribution in [2.75, 3.05) is 7.11 Å². The van der Waals surface area contributed by atoms with Crippen LogP contribution in [-0.2, 0) is 10.0 Å². The Hall–Kier alpha value is -1.39. The molecular formula is C11H9Cl2N3O4S2. The van der Waals surface area contributed by atoms with Crippen LogP contribution in [0.5, 0.6) is 5.19 Å². The second-order valence-corrected chi connectivity index (χ2v) is 7.76. The highest BCUT2D eigenvalue weighted by atomic mass is 35.5. The standard InChI is InChI=1S/C11H9Cl2N3O4S2/c1-20-11-15-5-9(21-11)22(18,19)16(14)10(17)7-3-2-6(12)4-8(7)13/h2-5H,14H2,1H3. The lowest BCUT2D eigenvalue weighted by molar-refractivity contribution is 0.0862. The first-order valence-corrected chi connectivity index (χ1v) is 8.58. The molecule has 1 amide bonds. The van der Waals surface area contributed by atoms with Crippen molar-refractivity contribution in [3.05, 3.63) is 40.0 Å². The van der Waals surface area contributed by atoms with Gasteiger partial charge in [-0.15, -0.1) is 0 Å². The fourth-order valence-electron chi connectivity index (χ4n) is 1.45. The summed E-state index contributed by atoms with van der Waals surface area (Å²) in [5, 5.41) is 0.425. The van der Waals surface area contributed by atoms with Crippen molar-refractivity contribution in [1.29, 1.82) is 0 Å². The fourth-order valence-corrected chi connectivity index (χ4v) is 3.97. The molecule has 2 aromatic rings. The zero-order valence-corrected chi connectivity index (χ0v) is 14.1. The molecule has 0 radical (unpaired) electrons. The van der Waals surface area contributed by atoms with Crippen molar-refractivity contribution in [2.45, 2.75) is 4.21 Å². The van der Waals surface area contributed by atoms with Gasteiger partial charge in [0.05, 0.1) is 23.9 Å². The van der Waals surface area contributed by atoms with Crippen molar-refractivity contribution in [3.63, 3.8) is 0 Å². The van der Waals surface area contributed by atoms with E-state index in [-0.39, 0.29) is 24.4 Å². The molecule has 0 fully saturated rings. The number of sulfonamides is 1. The molecule has 0 saturated carbocycles. The highest BCUT2D eigenvalue weighted by Gasteiger charge is 2.30. The quantitative estimate of drug-likeness (QED) is 0.494. The van der Waals surface area contributed by atoms with Crippen LogP contribution in [0.1, 0.15) is 10.4 Å². The van der Waals surface area contributed by atoms with E-state index in [0.717, 1.165) is 17.5 Å². The zero-order chi connectivity index (χ0) is 16.5. The number of methoxy groups -OCH3 is 1. The zero-order valence-electron chi connectivity index (χ0n) is 11.0. The number of carbonyl (C=O) groups is 1. The number of halogens is 2. The van der Waals surface area contributed by atoms with Gasteiger partial charge >= 0.3 is 0 Å².